The van der Waals surface area contributed by atoms with Crippen molar-refractivity contribution in [3.05, 3.63) is 71.9 Å². The first-order valence-electron chi connectivity index (χ1n) is 9.72. The minimum atomic E-state index is -0.258. The Kier molecular flexibility index (Phi) is 6.92. The molecule has 0 atom stereocenters. The molecular formula is C23H27N5O. The van der Waals surface area contributed by atoms with Crippen LogP contribution < -0.4 is 10.6 Å². The molecule has 1 heterocycles. The second kappa shape index (κ2) is 9.80. The Morgan fingerprint density at radius 1 is 1.00 bits per heavy atom. The third-order valence-corrected chi connectivity index (χ3v) is 4.35. The van der Waals surface area contributed by atoms with Gasteiger partial charge in [0.2, 0.25) is 0 Å². The van der Waals surface area contributed by atoms with Crippen LogP contribution in [0.25, 0.3) is 11.4 Å². The lowest BCUT2D eigenvalue weighted by Gasteiger charge is -2.12. The molecule has 150 valence electrons. The lowest BCUT2D eigenvalue weighted by molar-refractivity contribution is 0.102. The van der Waals surface area contributed by atoms with Crippen molar-refractivity contribution < 1.29 is 4.79 Å². The molecule has 0 unspecified atom stereocenters. The van der Waals surface area contributed by atoms with E-state index in [1.54, 1.807) is 6.07 Å². The summed E-state index contributed by atoms with van der Waals surface area (Å²) in [5, 5.41) is 6.24. The van der Waals surface area contributed by atoms with E-state index in [2.05, 4.69) is 25.5 Å². The Morgan fingerprint density at radius 3 is 2.52 bits per heavy atom. The fourth-order valence-corrected chi connectivity index (χ4v) is 2.90. The Labute approximate surface area is 172 Å². The number of carbonyl (C=O) groups excluding carboxylic acids is 1. The van der Waals surface area contributed by atoms with Crippen LogP contribution in [0.15, 0.2) is 60.7 Å². The third kappa shape index (κ3) is 6.12. The van der Waals surface area contributed by atoms with E-state index in [1.165, 1.54) is 0 Å². The molecule has 0 aliphatic rings. The highest BCUT2D eigenvalue weighted by atomic mass is 16.1. The van der Waals surface area contributed by atoms with Crippen molar-refractivity contribution >= 4 is 17.4 Å². The van der Waals surface area contributed by atoms with Gasteiger partial charge in [-0.3, -0.25) is 4.79 Å². The maximum absolute atomic E-state index is 12.8. The van der Waals surface area contributed by atoms with E-state index < -0.39 is 0 Å². The monoisotopic (exact) mass is 389 g/mol. The van der Waals surface area contributed by atoms with Crippen molar-refractivity contribution in [1.29, 1.82) is 0 Å². The molecule has 0 aliphatic heterocycles. The smallest absolute Gasteiger partial charge is 0.274 e. The summed E-state index contributed by atoms with van der Waals surface area (Å²) in [6, 6.07) is 19.1. The lowest BCUT2D eigenvalue weighted by Crippen LogP contribution is -2.18. The first kappa shape index (κ1) is 20.5. The summed E-state index contributed by atoms with van der Waals surface area (Å²) < 4.78 is 0. The van der Waals surface area contributed by atoms with Gasteiger partial charge in [-0.2, -0.15) is 0 Å². The Bertz CT molecular complexity index is 956. The van der Waals surface area contributed by atoms with Crippen LogP contribution in [0.2, 0.25) is 0 Å². The second-order valence-electron chi connectivity index (χ2n) is 7.24. The van der Waals surface area contributed by atoms with E-state index >= 15 is 0 Å². The number of carbonyl (C=O) groups is 1. The number of nitrogens with one attached hydrogen (secondary N) is 2. The molecule has 0 fully saturated rings. The first-order valence-corrected chi connectivity index (χ1v) is 9.72. The van der Waals surface area contributed by atoms with Crippen molar-refractivity contribution in [1.82, 2.24) is 14.9 Å². The van der Waals surface area contributed by atoms with Gasteiger partial charge in [0.1, 0.15) is 11.5 Å². The SMILES string of the molecule is Cc1cccc(NC(=O)c2cc(NCCCN(C)C)nc(-c3ccccc3)n2)c1. The van der Waals surface area contributed by atoms with E-state index in [0.717, 1.165) is 36.3 Å². The zero-order valence-electron chi connectivity index (χ0n) is 17.1. The molecule has 0 aliphatic carbocycles. The van der Waals surface area contributed by atoms with Crippen molar-refractivity contribution in [2.75, 3.05) is 37.8 Å². The number of aryl methyl sites for hydroxylation is 1. The van der Waals surface area contributed by atoms with Gasteiger partial charge in [0.05, 0.1) is 0 Å². The van der Waals surface area contributed by atoms with Crippen LogP contribution in [0.3, 0.4) is 0 Å². The van der Waals surface area contributed by atoms with E-state index in [4.69, 9.17) is 0 Å². The van der Waals surface area contributed by atoms with Crippen LogP contribution in [0.1, 0.15) is 22.5 Å². The minimum absolute atomic E-state index is 0.258. The molecule has 0 spiro atoms. The summed E-state index contributed by atoms with van der Waals surface area (Å²) >= 11 is 0. The number of anilines is 2. The van der Waals surface area contributed by atoms with Crippen molar-refractivity contribution in [3.63, 3.8) is 0 Å². The number of rotatable bonds is 8. The Hall–Kier alpha value is -3.25. The molecule has 0 radical (unpaired) electrons. The highest BCUT2D eigenvalue weighted by Crippen LogP contribution is 2.19. The number of amides is 1. The highest BCUT2D eigenvalue weighted by Gasteiger charge is 2.13. The van der Waals surface area contributed by atoms with Gasteiger partial charge in [-0.25, -0.2) is 9.97 Å². The van der Waals surface area contributed by atoms with Crippen LogP contribution in [-0.2, 0) is 0 Å². The molecule has 0 saturated heterocycles. The quantitative estimate of drug-likeness (QED) is 0.569. The predicted molar refractivity (Wildman–Crippen MR) is 118 cm³/mol. The van der Waals surface area contributed by atoms with Crippen molar-refractivity contribution in [3.8, 4) is 11.4 Å². The fourth-order valence-electron chi connectivity index (χ4n) is 2.90. The maximum Gasteiger partial charge on any atom is 0.274 e. The van der Waals surface area contributed by atoms with Crippen LogP contribution in [-0.4, -0.2) is 48.0 Å². The van der Waals surface area contributed by atoms with Gasteiger partial charge in [0, 0.05) is 23.9 Å². The Morgan fingerprint density at radius 2 is 1.79 bits per heavy atom. The summed E-state index contributed by atoms with van der Waals surface area (Å²) in [5.74, 6) is 0.913. The van der Waals surface area contributed by atoms with Gasteiger partial charge in [0.25, 0.3) is 5.91 Å². The number of hydrogen-bond acceptors (Lipinski definition) is 5. The largest absolute Gasteiger partial charge is 0.370 e. The summed E-state index contributed by atoms with van der Waals surface area (Å²) in [7, 11) is 4.10. The zero-order valence-corrected chi connectivity index (χ0v) is 17.1. The van der Waals surface area contributed by atoms with Crippen molar-refractivity contribution in [2.24, 2.45) is 0 Å². The molecule has 0 saturated carbocycles. The number of aromatic nitrogens is 2. The molecule has 3 rings (SSSR count). The van der Waals surface area contributed by atoms with Gasteiger partial charge >= 0.3 is 0 Å². The molecule has 1 amide bonds. The molecule has 0 bridgehead atoms. The summed E-state index contributed by atoms with van der Waals surface area (Å²) in [6.45, 7) is 3.73. The van der Waals surface area contributed by atoms with E-state index in [0.29, 0.717) is 17.3 Å². The standard InChI is InChI=1S/C23H27N5O/c1-17-9-7-12-19(15-17)25-23(29)20-16-21(24-13-8-14-28(2)3)27-22(26-20)18-10-5-4-6-11-18/h4-7,9-12,15-16H,8,13-14H2,1-3H3,(H,25,29)(H,24,26,27). The third-order valence-electron chi connectivity index (χ3n) is 4.35. The molecule has 6 heteroatoms. The van der Waals surface area contributed by atoms with Crippen LogP contribution >= 0.6 is 0 Å². The van der Waals surface area contributed by atoms with E-state index in [1.807, 2.05) is 75.6 Å². The second-order valence-corrected chi connectivity index (χ2v) is 7.24. The van der Waals surface area contributed by atoms with Gasteiger partial charge in [-0.1, -0.05) is 42.5 Å². The van der Waals surface area contributed by atoms with Gasteiger partial charge in [-0.15, -0.1) is 0 Å². The zero-order chi connectivity index (χ0) is 20.6. The number of hydrogen-bond donors (Lipinski definition) is 2. The highest BCUT2D eigenvalue weighted by molar-refractivity contribution is 6.03. The molecule has 29 heavy (non-hydrogen) atoms. The summed E-state index contributed by atoms with van der Waals surface area (Å²) in [6.07, 6.45) is 0.975. The van der Waals surface area contributed by atoms with Crippen LogP contribution in [0.4, 0.5) is 11.5 Å². The summed E-state index contributed by atoms with van der Waals surface area (Å²) in [4.78, 5) is 24.1. The molecule has 3 aromatic rings. The molecular weight excluding hydrogens is 362 g/mol. The van der Waals surface area contributed by atoms with E-state index in [-0.39, 0.29) is 5.91 Å². The van der Waals surface area contributed by atoms with Gasteiger partial charge in [-0.05, 0) is 51.7 Å². The number of benzene rings is 2. The Balaban J connectivity index is 1.84. The number of nitrogens with zero attached hydrogens (tertiary/aromatic N) is 3. The molecule has 2 aromatic carbocycles. The molecule has 6 nitrogen and oxygen atoms in total. The predicted octanol–water partition coefficient (Wildman–Crippen LogP) is 4.07. The average Bonchev–Trinajstić information content (AvgIpc) is 2.71. The first-order chi connectivity index (χ1) is 14.0. The normalized spacial score (nSPS) is 10.8. The van der Waals surface area contributed by atoms with E-state index in [9.17, 15) is 4.79 Å². The van der Waals surface area contributed by atoms with Gasteiger partial charge < -0.3 is 15.5 Å². The minimum Gasteiger partial charge on any atom is -0.370 e. The fraction of sp³-hybridized carbons (Fsp3) is 0.261. The topological polar surface area (TPSA) is 70.2 Å². The van der Waals surface area contributed by atoms with Crippen molar-refractivity contribution in [2.45, 2.75) is 13.3 Å². The van der Waals surface area contributed by atoms with Crippen LogP contribution in [0.5, 0.6) is 0 Å². The molecule has 1 aromatic heterocycles. The van der Waals surface area contributed by atoms with Crippen LogP contribution in [0, 0.1) is 6.92 Å². The maximum atomic E-state index is 12.8. The summed E-state index contributed by atoms with van der Waals surface area (Å²) in [5.41, 5.74) is 3.03. The van der Waals surface area contributed by atoms with Gasteiger partial charge in [0.15, 0.2) is 5.82 Å². The molecule has 2 N–H and O–H groups in total. The lowest BCUT2D eigenvalue weighted by atomic mass is 10.2. The average molecular weight is 390 g/mol.